The lowest BCUT2D eigenvalue weighted by atomic mass is 10.1. The van der Waals surface area contributed by atoms with Crippen molar-refractivity contribution in [2.24, 2.45) is 7.05 Å². The van der Waals surface area contributed by atoms with Crippen LogP contribution in [0.4, 0.5) is 10.7 Å². The lowest BCUT2D eigenvalue weighted by Gasteiger charge is -2.34. The Bertz CT molecular complexity index is 1390. The lowest BCUT2D eigenvalue weighted by Crippen LogP contribution is -2.49. The van der Waals surface area contributed by atoms with Gasteiger partial charge in [0.15, 0.2) is 11.2 Å². The second kappa shape index (κ2) is 11.3. The summed E-state index contributed by atoms with van der Waals surface area (Å²) < 4.78 is 14.1. The number of ether oxygens (including phenoxy) is 2. The lowest BCUT2D eigenvalue weighted by molar-refractivity contribution is -0.136. The average molecular weight is 531 g/mol. The molecular formula is C26H38N6O6. The van der Waals surface area contributed by atoms with E-state index in [1.54, 1.807) is 4.57 Å². The Morgan fingerprint density at radius 3 is 2.50 bits per heavy atom. The van der Waals surface area contributed by atoms with Crippen LogP contribution >= 0.6 is 0 Å². The fourth-order valence-corrected chi connectivity index (χ4v) is 4.34. The third kappa shape index (κ3) is 6.35. The molecule has 1 aliphatic heterocycles. The van der Waals surface area contributed by atoms with Crippen LogP contribution in [0.5, 0.6) is 0 Å². The number of piperidine rings is 1. The summed E-state index contributed by atoms with van der Waals surface area (Å²) in [6.45, 7) is 14.2. The van der Waals surface area contributed by atoms with Crippen molar-refractivity contribution < 1.29 is 19.1 Å². The Labute approximate surface area is 221 Å². The molecule has 12 heteroatoms. The number of amides is 1. The molecular weight excluding hydrogens is 492 g/mol. The molecule has 2 aromatic heterocycles. The van der Waals surface area contributed by atoms with Gasteiger partial charge < -0.3 is 24.3 Å². The van der Waals surface area contributed by atoms with Gasteiger partial charge in [0.25, 0.3) is 5.56 Å². The van der Waals surface area contributed by atoms with Crippen LogP contribution in [0, 0.1) is 0 Å². The summed E-state index contributed by atoms with van der Waals surface area (Å²) in [5, 5.41) is 2.93. The second-order valence-electron chi connectivity index (χ2n) is 10.7. The van der Waals surface area contributed by atoms with Gasteiger partial charge in [0.2, 0.25) is 5.95 Å². The number of nitrogens with one attached hydrogen (secondary N) is 1. The predicted molar refractivity (Wildman–Crippen MR) is 144 cm³/mol. The summed E-state index contributed by atoms with van der Waals surface area (Å²) >= 11 is 0. The van der Waals surface area contributed by atoms with E-state index in [-0.39, 0.29) is 29.3 Å². The minimum Gasteiger partial charge on any atom is -0.466 e. The highest BCUT2D eigenvalue weighted by Gasteiger charge is 2.29. The number of hydrogen-bond acceptors (Lipinski definition) is 8. The number of rotatable bonds is 7. The smallest absolute Gasteiger partial charge is 0.407 e. The number of aryl methyl sites for hydroxylation is 1. The largest absolute Gasteiger partial charge is 0.466 e. The molecule has 3 rings (SSSR count). The molecule has 1 fully saturated rings. The van der Waals surface area contributed by atoms with Crippen LogP contribution in [0.3, 0.4) is 0 Å². The monoisotopic (exact) mass is 530 g/mol. The number of carbonyl (C=O) groups is 2. The number of imidazole rings is 1. The van der Waals surface area contributed by atoms with Crippen molar-refractivity contribution in [2.45, 2.75) is 72.2 Å². The molecule has 1 saturated heterocycles. The molecule has 0 spiro atoms. The number of nitrogens with zero attached hydrogens (tertiary/aromatic N) is 5. The normalized spacial score (nSPS) is 15.8. The molecule has 0 bridgehead atoms. The minimum atomic E-state index is -0.699. The maximum absolute atomic E-state index is 13.6. The van der Waals surface area contributed by atoms with E-state index < -0.39 is 28.9 Å². The fraction of sp³-hybridized carbons (Fsp3) is 0.577. The van der Waals surface area contributed by atoms with E-state index in [0.717, 1.165) is 23.0 Å². The van der Waals surface area contributed by atoms with Crippen LogP contribution in [0.2, 0.25) is 0 Å². The van der Waals surface area contributed by atoms with E-state index in [2.05, 4.69) is 16.6 Å². The highest BCUT2D eigenvalue weighted by molar-refractivity contribution is 5.87. The summed E-state index contributed by atoms with van der Waals surface area (Å²) in [7, 11) is 2.74. The summed E-state index contributed by atoms with van der Waals surface area (Å²) in [5.41, 5.74) is -0.304. The van der Waals surface area contributed by atoms with E-state index in [9.17, 15) is 19.2 Å². The summed E-state index contributed by atoms with van der Waals surface area (Å²) in [6, 6.07) is -0.181. The standard InChI is InChI=1S/C26H38N6O6/c1-16(2)11-13-31-19-20(29(7)25(36)32(21(19)33)14-17(3)22(34)37-8)28-23(31)30-12-9-10-18(15-30)27-24(35)38-26(4,5)6/h11,18H,3,9-10,12-15H2,1-2,4-8H3,(H,27,35). The van der Waals surface area contributed by atoms with Gasteiger partial charge in [-0.2, -0.15) is 4.98 Å². The Morgan fingerprint density at radius 1 is 1.21 bits per heavy atom. The maximum Gasteiger partial charge on any atom is 0.407 e. The average Bonchev–Trinajstić information content (AvgIpc) is 3.22. The number of alkyl carbamates (subject to hydrolysis) is 1. The molecule has 208 valence electrons. The number of hydrogen-bond donors (Lipinski definition) is 1. The predicted octanol–water partition coefficient (Wildman–Crippen LogP) is 2.09. The molecule has 1 unspecified atom stereocenters. The van der Waals surface area contributed by atoms with E-state index in [1.165, 1.54) is 18.7 Å². The quantitative estimate of drug-likeness (QED) is 0.327. The van der Waals surface area contributed by atoms with Crippen molar-refractivity contribution in [1.29, 1.82) is 0 Å². The third-order valence-corrected chi connectivity index (χ3v) is 6.14. The zero-order valence-corrected chi connectivity index (χ0v) is 23.3. The summed E-state index contributed by atoms with van der Waals surface area (Å²) in [6.07, 6.45) is 3.03. The molecule has 1 amide bonds. The first-order chi connectivity index (χ1) is 17.7. The Balaban J connectivity index is 2.08. The van der Waals surface area contributed by atoms with E-state index in [0.29, 0.717) is 25.6 Å². The molecule has 0 aromatic carbocycles. The van der Waals surface area contributed by atoms with Crippen LogP contribution in [-0.2, 0) is 34.4 Å². The van der Waals surface area contributed by atoms with Gasteiger partial charge in [-0.1, -0.05) is 18.2 Å². The Morgan fingerprint density at radius 2 is 1.89 bits per heavy atom. The minimum absolute atomic E-state index is 0.0197. The van der Waals surface area contributed by atoms with Gasteiger partial charge in [0.1, 0.15) is 5.60 Å². The van der Waals surface area contributed by atoms with Gasteiger partial charge in [-0.25, -0.2) is 14.4 Å². The molecule has 0 aliphatic carbocycles. The zero-order valence-electron chi connectivity index (χ0n) is 23.3. The molecule has 0 radical (unpaired) electrons. The van der Waals surface area contributed by atoms with Gasteiger partial charge in [-0.3, -0.25) is 13.9 Å². The molecule has 0 saturated carbocycles. The molecule has 2 aromatic rings. The van der Waals surface area contributed by atoms with Crippen LogP contribution < -0.4 is 21.5 Å². The number of aromatic nitrogens is 4. The van der Waals surface area contributed by atoms with Gasteiger partial charge in [-0.15, -0.1) is 0 Å². The Kier molecular flexibility index (Phi) is 8.53. The topological polar surface area (TPSA) is 130 Å². The zero-order chi connectivity index (χ0) is 28.4. The highest BCUT2D eigenvalue weighted by atomic mass is 16.6. The summed E-state index contributed by atoms with van der Waals surface area (Å²) in [4.78, 5) is 57.8. The SMILES string of the molecule is C=C(Cn1c(=O)c2c(nc(N3CCCC(NC(=O)OC(C)(C)C)C3)n2CC=C(C)C)n(C)c1=O)C(=O)OC. The number of allylic oxidation sites excluding steroid dienone is 2. The van der Waals surface area contributed by atoms with Crippen LogP contribution in [0.15, 0.2) is 33.4 Å². The van der Waals surface area contributed by atoms with Gasteiger partial charge in [0, 0.05) is 38.3 Å². The first kappa shape index (κ1) is 28.7. The van der Waals surface area contributed by atoms with E-state index in [4.69, 9.17) is 9.72 Å². The fourth-order valence-electron chi connectivity index (χ4n) is 4.34. The van der Waals surface area contributed by atoms with Gasteiger partial charge in [0.05, 0.1) is 13.7 Å². The number of fused-ring (bicyclic) bond motifs is 1. The van der Waals surface area contributed by atoms with Gasteiger partial charge in [-0.05, 0) is 47.5 Å². The molecule has 3 heterocycles. The first-order valence-corrected chi connectivity index (χ1v) is 12.6. The van der Waals surface area contributed by atoms with Gasteiger partial charge >= 0.3 is 17.8 Å². The van der Waals surface area contributed by atoms with Crippen LogP contribution in [0.1, 0.15) is 47.5 Å². The Hall–Kier alpha value is -3.83. The maximum atomic E-state index is 13.6. The van der Waals surface area contributed by atoms with Crippen molar-refractivity contribution in [1.82, 2.24) is 24.0 Å². The van der Waals surface area contributed by atoms with Crippen molar-refractivity contribution in [2.75, 3.05) is 25.1 Å². The van der Waals surface area contributed by atoms with Crippen molar-refractivity contribution in [3.63, 3.8) is 0 Å². The van der Waals surface area contributed by atoms with Crippen LogP contribution in [0.25, 0.3) is 11.2 Å². The number of anilines is 1. The number of esters is 1. The molecule has 1 aliphatic rings. The first-order valence-electron chi connectivity index (χ1n) is 12.6. The number of carbonyl (C=O) groups excluding carboxylic acids is 2. The van der Waals surface area contributed by atoms with E-state index in [1.807, 2.05) is 45.6 Å². The molecule has 1 atom stereocenters. The van der Waals surface area contributed by atoms with E-state index >= 15 is 0 Å². The van der Waals surface area contributed by atoms with Crippen molar-refractivity contribution >= 4 is 29.2 Å². The van der Waals surface area contributed by atoms with Crippen molar-refractivity contribution in [3.8, 4) is 0 Å². The highest BCUT2D eigenvalue weighted by Crippen LogP contribution is 2.24. The molecule has 12 nitrogen and oxygen atoms in total. The second-order valence-corrected chi connectivity index (χ2v) is 10.7. The molecule has 1 N–H and O–H groups in total. The van der Waals surface area contributed by atoms with Crippen molar-refractivity contribution in [3.05, 3.63) is 44.6 Å². The third-order valence-electron chi connectivity index (χ3n) is 6.14. The summed E-state index contributed by atoms with van der Waals surface area (Å²) in [5.74, 6) is -0.181. The van der Waals surface area contributed by atoms with Crippen LogP contribution in [-0.4, -0.2) is 62.6 Å². The number of methoxy groups -OCH3 is 1. The molecule has 38 heavy (non-hydrogen) atoms.